The van der Waals surface area contributed by atoms with Crippen LogP contribution < -0.4 is 15.0 Å². The van der Waals surface area contributed by atoms with Gasteiger partial charge in [-0.1, -0.05) is 20.3 Å². The standard InChI is InChI=1S/C12H23N5O/c1-6-9(3)8-17(7-2)11-14-10(13-4)15-12(16-11)18-5/h9H,6-8H2,1-5H3,(H,13,14,15,16). The second kappa shape index (κ2) is 6.98. The van der Waals surface area contributed by atoms with Crippen LogP contribution >= 0.6 is 0 Å². The summed E-state index contributed by atoms with van der Waals surface area (Å²) in [4.78, 5) is 14.9. The zero-order chi connectivity index (χ0) is 13.5. The molecule has 6 heteroatoms. The van der Waals surface area contributed by atoms with E-state index in [0.717, 1.165) is 19.5 Å². The number of nitrogens with one attached hydrogen (secondary N) is 1. The van der Waals surface area contributed by atoms with E-state index in [1.165, 1.54) is 0 Å². The third kappa shape index (κ3) is 3.72. The van der Waals surface area contributed by atoms with Crippen LogP contribution in [0, 0.1) is 5.92 Å². The predicted molar refractivity (Wildman–Crippen MR) is 73.3 cm³/mol. The Morgan fingerprint density at radius 2 is 2.00 bits per heavy atom. The predicted octanol–water partition coefficient (Wildman–Crippen LogP) is 1.79. The molecule has 1 N–H and O–H groups in total. The fourth-order valence-corrected chi connectivity index (χ4v) is 1.55. The van der Waals surface area contributed by atoms with Crippen LogP contribution in [0.2, 0.25) is 0 Å². The lowest BCUT2D eigenvalue weighted by atomic mass is 10.1. The monoisotopic (exact) mass is 253 g/mol. The number of anilines is 2. The molecule has 0 saturated heterocycles. The van der Waals surface area contributed by atoms with Crippen molar-refractivity contribution >= 4 is 11.9 Å². The Bertz CT molecular complexity index is 349. The van der Waals surface area contributed by atoms with Crippen molar-refractivity contribution in [2.75, 3.05) is 37.5 Å². The van der Waals surface area contributed by atoms with E-state index in [2.05, 4.69) is 45.9 Å². The Hall–Kier alpha value is -1.59. The van der Waals surface area contributed by atoms with Gasteiger partial charge in [-0.25, -0.2) is 0 Å². The van der Waals surface area contributed by atoms with Crippen LogP contribution in [0.5, 0.6) is 6.01 Å². The number of hydrogen-bond acceptors (Lipinski definition) is 6. The summed E-state index contributed by atoms with van der Waals surface area (Å²) in [5.74, 6) is 1.79. The van der Waals surface area contributed by atoms with E-state index >= 15 is 0 Å². The first kappa shape index (κ1) is 14.5. The first-order chi connectivity index (χ1) is 8.64. The number of aromatic nitrogens is 3. The van der Waals surface area contributed by atoms with Crippen LogP contribution in [0.4, 0.5) is 11.9 Å². The maximum Gasteiger partial charge on any atom is 0.322 e. The lowest BCUT2D eigenvalue weighted by Gasteiger charge is -2.24. The molecule has 1 unspecified atom stereocenters. The van der Waals surface area contributed by atoms with Gasteiger partial charge in [0.2, 0.25) is 11.9 Å². The van der Waals surface area contributed by atoms with Crippen molar-refractivity contribution in [2.24, 2.45) is 5.92 Å². The highest BCUT2D eigenvalue weighted by atomic mass is 16.5. The molecule has 1 aromatic rings. The third-order valence-corrected chi connectivity index (χ3v) is 2.90. The van der Waals surface area contributed by atoms with Gasteiger partial charge in [-0.3, -0.25) is 0 Å². The minimum atomic E-state index is 0.340. The second-order valence-electron chi connectivity index (χ2n) is 4.25. The summed E-state index contributed by atoms with van der Waals surface area (Å²) in [5.41, 5.74) is 0. The summed E-state index contributed by atoms with van der Waals surface area (Å²) in [6.45, 7) is 8.30. The summed E-state index contributed by atoms with van der Waals surface area (Å²) in [5, 5.41) is 2.92. The van der Waals surface area contributed by atoms with Crippen LogP contribution in [-0.2, 0) is 0 Å². The largest absolute Gasteiger partial charge is 0.467 e. The van der Waals surface area contributed by atoms with Crippen LogP contribution in [-0.4, -0.2) is 42.2 Å². The Morgan fingerprint density at radius 1 is 1.28 bits per heavy atom. The molecule has 0 fully saturated rings. The van der Waals surface area contributed by atoms with E-state index < -0.39 is 0 Å². The average Bonchev–Trinajstić information content (AvgIpc) is 2.43. The molecule has 0 radical (unpaired) electrons. The smallest absolute Gasteiger partial charge is 0.322 e. The summed E-state index contributed by atoms with van der Waals surface area (Å²) in [7, 11) is 3.34. The van der Waals surface area contributed by atoms with Gasteiger partial charge in [0, 0.05) is 20.1 Å². The Morgan fingerprint density at radius 3 is 2.50 bits per heavy atom. The molecular weight excluding hydrogens is 230 g/mol. The van der Waals surface area contributed by atoms with Crippen LogP contribution in [0.3, 0.4) is 0 Å². The molecule has 0 amide bonds. The quantitative estimate of drug-likeness (QED) is 0.799. The number of nitrogens with zero attached hydrogens (tertiary/aromatic N) is 4. The van der Waals surface area contributed by atoms with E-state index in [0.29, 0.717) is 23.8 Å². The Kier molecular flexibility index (Phi) is 5.61. The van der Waals surface area contributed by atoms with Gasteiger partial charge < -0.3 is 15.0 Å². The molecule has 0 saturated carbocycles. The number of rotatable bonds is 7. The van der Waals surface area contributed by atoms with Crippen molar-refractivity contribution < 1.29 is 4.74 Å². The normalized spacial score (nSPS) is 12.1. The highest BCUT2D eigenvalue weighted by Gasteiger charge is 2.14. The molecule has 18 heavy (non-hydrogen) atoms. The summed E-state index contributed by atoms with van der Waals surface area (Å²) >= 11 is 0. The van der Waals surface area contributed by atoms with Crippen LogP contribution in [0.15, 0.2) is 0 Å². The molecule has 6 nitrogen and oxygen atoms in total. The maximum absolute atomic E-state index is 5.09. The van der Waals surface area contributed by atoms with E-state index in [4.69, 9.17) is 4.74 Å². The van der Waals surface area contributed by atoms with Gasteiger partial charge in [-0.05, 0) is 12.8 Å². The average molecular weight is 253 g/mol. The van der Waals surface area contributed by atoms with Gasteiger partial charge in [0.15, 0.2) is 0 Å². The van der Waals surface area contributed by atoms with Crippen molar-refractivity contribution in [1.82, 2.24) is 15.0 Å². The fourth-order valence-electron chi connectivity index (χ4n) is 1.55. The van der Waals surface area contributed by atoms with Gasteiger partial charge in [-0.2, -0.15) is 15.0 Å². The van der Waals surface area contributed by atoms with Crippen LogP contribution in [0.1, 0.15) is 27.2 Å². The molecule has 0 bridgehead atoms. The lowest BCUT2D eigenvalue weighted by Crippen LogP contribution is -2.30. The van der Waals surface area contributed by atoms with Gasteiger partial charge >= 0.3 is 6.01 Å². The van der Waals surface area contributed by atoms with Crippen molar-refractivity contribution in [3.05, 3.63) is 0 Å². The van der Waals surface area contributed by atoms with Gasteiger partial charge in [0.1, 0.15) is 0 Å². The van der Waals surface area contributed by atoms with Crippen molar-refractivity contribution in [3.63, 3.8) is 0 Å². The molecule has 0 aromatic carbocycles. The number of methoxy groups -OCH3 is 1. The Labute approximate surface area is 109 Å². The number of ether oxygens (including phenoxy) is 1. The highest BCUT2D eigenvalue weighted by molar-refractivity contribution is 5.37. The van der Waals surface area contributed by atoms with E-state index in [9.17, 15) is 0 Å². The molecule has 0 aliphatic rings. The van der Waals surface area contributed by atoms with Crippen molar-refractivity contribution in [3.8, 4) is 6.01 Å². The van der Waals surface area contributed by atoms with Crippen molar-refractivity contribution in [1.29, 1.82) is 0 Å². The summed E-state index contributed by atoms with van der Waals surface area (Å²) in [6, 6.07) is 0.340. The molecule has 1 rings (SSSR count). The second-order valence-corrected chi connectivity index (χ2v) is 4.25. The summed E-state index contributed by atoms with van der Waals surface area (Å²) in [6.07, 6.45) is 1.14. The highest BCUT2D eigenvalue weighted by Crippen LogP contribution is 2.16. The molecular formula is C12H23N5O. The molecule has 102 valence electrons. The maximum atomic E-state index is 5.09. The van der Waals surface area contributed by atoms with Crippen molar-refractivity contribution in [2.45, 2.75) is 27.2 Å². The molecule has 0 aliphatic carbocycles. The SMILES string of the molecule is CCC(C)CN(CC)c1nc(NC)nc(OC)n1. The molecule has 0 spiro atoms. The van der Waals surface area contributed by atoms with E-state index in [1.807, 2.05) is 0 Å². The zero-order valence-electron chi connectivity index (χ0n) is 11.9. The molecule has 1 aromatic heterocycles. The van der Waals surface area contributed by atoms with E-state index in [-0.39, 0.29) is 0 Å². The summed E-state index contributed by atoms with van der Waals surface area (Å²) < 4.78 is 5.09. The molecule has 0 aliphatic heterocycles. The fraction of sp³-hybridized carbons (Fsp3) is 0.750. The zero-order valence-corrected chi connectivity index (χ0v) is 11.9. The lowest BCUT2D eigenvalue weighted by molar-refractivity contribution is 0.378. The van der Waals surface area contributed by atoms with Gasteiger partial charge in [0.05, 0.1) is 7.11 Å². The first-order valence-electron chi connectivity index (χ1n) is 6.37. The number of hydrogen-bond donors (Lipinski definition) is 1. The van der Waals surface area contributed by atoms with Crippen LogP contribution in [0.25, 0.3) is 0 Å². The van der Waals surface area contributed by atoms with Gasteiger partial charge in [0.25, 0.3) is 0 Å². The Balaban J connectivity index is 2.96. The minimum Gasteiger partial charge on any atom is -0.467 e. The third-order valence-electron chi connectivity index (χ3n) is 2.90. The first-order valence-corrected chi connectivity index (χ1v) is 6.37. The van der Waals surface area contributed by atoms with E-state index in [1.54, 1.807) is 14.2 Å². The van der Waals surface area contributed by atoms with Gasteiger partial charge in [-0.15, -0.1) is 0 Å². The molecule has 1 atom stereocenters. The molecule has 1 heterocycles. The minimum absolute atomic E-state index is 0.340. The topological polar surface area (TPSA) is 63.2 Å².